The highest BCUT2D eigenvalue weighted by molar-refractivity contribution is 7.99. The smallest absolute Gasteiger partial charge is 0.339 e. The Morgan fingerprint density at radius 1 is 1.44 bits per heavy atom. The Labute approximate surface area is 102 Å². The molecule has 16 heavy (non-hydrogen) atoms. The second kappa shape index (κ2) is 4.88. The summed E-state index contributed by atoms with van der Waals surface area (Å²) in [7, 11) is 0. The number of aromatic nitrogens is 2. The molecular formula is C9H10ClN3O2S. The fraction of sp³-hybridized carbons (Fsp3) is 0.444. The Morgan fingerprint density at radius 2 is 2.12 bits per heavy atom. The first-order valence-corrected chi connectivity index (χ1v) is 6.31. The van der Waals surface area contributed by atoms with Gasteiger partial charge in [-0.1, -0.05) is 11.6 Å². The molecule has 7 heteroatoms. The highest BCUT2D eigenvalue weighted by atomic mass is 35.5. The van der Waals surface area contributed by atoms with E-state index in [9.17, 15) is 4.79 Å². The lowest BCUT2D eigenvalue weighted by atomic mass is 10.2. The average Bonchev–Trinajstić information content (AvgIpc) is 2.30. The number of thioether (sulfide) groups is 1. The monoisotopic (exact) mass is 259 g/mol. The summed E-state index contributed by atoms with van der Waals surface area (Å²) in [4.78, 5) is 13.0. The molecule has 1 fully saturated rings. The lowest BCUT2D eigenvalue weighted by molar-refractivity contribution is 0.0697. The van der Waals surface area contributed by atoms with Crippen molar-refractivity contribution < 1.29 is 9.90 Å². The summed E-state index contributed by atoms with van der Waals surface area (Å²) < 4.78 is 0. The van der Waals surface area contributed by atoms with Crippen molar-refractivity contribution in [1.29, 1.82) is 0 Å². The molecule has 86 valence electrons. The van der Waals surface area contributed by atoms with Gasteiger partial charge in [-0.05, 0) is 6.07 Å². The number of carbonyl (C=O) groups is 1. The van der Waals surface area contributed by atoms with Crippen molar-refractivity contribution >= 4 is 35.1 Å². The van der Waals surface area contributed by atoms with E-state index in [2.05, 4.69) is 10.2 Å². The van der Waals surface area contributed by atoms with Gasteiger partial charge >= 0.3 is 5.97 Å². The Morgan fingerprint density at radius 3 is 2.75 bits per heavy atom. The zero-order valence-corrected chi connectivity index (χ0v) is 9.96. The van der Waals surface area contributed by atoms with Crippen LogP contribution in [0.5, 0.6) is 0 Å². The van der Waals surface area contributed by atoms with Gasteiger partial charge in [0.2, 0.25) is 0 Å². The maximum Gasteiger partial charge on any atom is 0.339 e. The number of aromatic carboxylic acids is 1. The normalized spacial score (nSPS) is 16.2. The molecule has 0 unspecified atom stereocenters. The molecule has 0 aliphatic carbocycles. The minimum Gasteiger partial charge on any atom is -0.478 e. The Balaban J connectivity index is 2.34. The highest BCUT2D eigenvalue weighted by Gasteiger charge is 2.20. The summed E-state index contributed by atoms with van der Waals surface area (Å²) in [5.41, 5.74) is 0.118. The Bertz CT molecular complexity index is 410. The van der Waals surface area contributed by atoms with Crippen LogP contribution in [0, 0.1) is 0 Å². The van der Waals surface area contributed by atoms with Gasteiger partial charge in [0.05, 0.1) is 0 Å². The third-order valence-corrected chi connectivity index (χ3v) is 3.41. The summed E-state index contributed by atoms with van der Waals surface area (Å²) in [5.74, 6) is 1.34. The van der Waals surface area contributed by atoms with Gasteiger partial charge in [0.25, 0.3) is 0 Å². The maximum absolute atomic E-state index is 11.1. The maximum atomic E-state index is 11.1. The Hall–Kier alpha value is -1.01. The van der Waals surface area contributed by atoms with Gasteiger partial charge in [-0.3, -0.25) is 0 Å². The predicted molar refractivity (Wildman–Crippen MR) is 63.5 cm³/mol. The third-order valence-electron chi connectivity index (χ3n) is 2.29. The average molecular weight is 260 g/mol. The number of halogens is 1. The van der Waals surface area contributed by atoms with Gasteiger partial charge in [0, 0.05) is 24.6 Å². The first kappa shape index (κ1) is 11.5. The van der Waals surface area contributed by atoms with Crippen molar-refractivity contribution in [2.24, 2.45) is 0 Å². The van der Waals surface area contributed by atoms with E-state index in [0.29, 0.717) is 5.82 Å². The van der Waals surface area contributed by atoms with Gasteiger partial charge in [-0.2, -0.15) is 11.8 Å². The quantitative estimate of drug-likeness (QED) is 0.866. The molecular weight excluding hydrogens is 250 g/mol. The molecule has 1 aromatic rings. The molecule has 1 saturated heterocycles. The first-order valence-electron chi connectivity index (χ1n) is 4.77. The molecule has 1 N–H and O–H groups in total. The van der Waals surface area contributed by atoms with Crippen LogP contribution >= 0.6 is 23.4 Å². The number of rotatable bonds is 2. The zero-order valence-electron chi connectivity index (χ0n) is 8.39. The molecule has 0 aromatic carbocycles. The van der Waals surface area contributed by atoms with Crippen LogP contribution in [0.25, 0.3) is 0 Å². The van der Waals surface area contributed by atoms with Crippen molar-refractivity contribution in [3.63, 3.8) is 0 Å². The third kappa shape index (κ3) is 2.38. The molecule has 1 aliphatic rings. The number of hydrogen-bond donors (Lipinski definition) is 1. The number of anilines is 1. The van der Waals surface area contributed by atoms with Crippen molar-refractivity contribution in [3.05, 3.63) is 16.8 Å². The number of hydrogen-bond acceptors (Lipinski definition) is 5. The van der Waals surface area contributed by atoms with Gasteiger partial charge < -0.3 is 10.0 Å². The van der Waals surface area contributed by atoms with E-state index in [1.807, 2.05) is 16.7 Å². The Kier molecular flexibility index (Phi) is 3.50. The van der Waals surface area contributed by atoms with E-state index in [4.69, 9.17) is 16.7 Å². The lowest BCUT2D eigenvalue weighted by Gasteiger charge is -2.27. The second-order valence-corrected chi connectivity index (χ2v) is 4.92. The largest absolute Gasteiger partial charge is 0.478 e. The van der Waals surface area contributed by atoms with E-state index < -0.39 is 5.97 Å². The van der Waals surface area contributed by atoms with E-state index in [-0.39, 0.29) is 10.7 Å². The van der Waals surface area contributed by atoms with E-state index in [0.717, 1.165) is 24.6 Å². The number of nitrogens with zero attached hydrogens (tertiary/aromatic N) is 3. The SMILES string of the molecule is O=C(O)c1cc(Cl)nnc1N1CCSCC1. The number of carboxylic acid groups (broad SMARTS) is 1. The van der Waals surface area contributed by atoms with Crippen molar-refractivity contribution in [2.45, 2.75) is 0 Å². The lowest BCUT2D eigenvalue weighted by Crippen LogP contribution is -2.34. The molecule has 0 amide bonds. The van der Waals surface area contributed by atoms with Crippen LogP contribution in [0.2, 0.25) is 5.15 Å². The standard InChI is InChI=1S/C9H10ClN3O2S/c10-7-5-6(9(14)15)8(12-11-7)13-1-3-16-4-2-13/h5H,1-4H2,(H,14,15). The minimum absolute atomic E-state index is 0.104. The van der Waals surface area contributed by atoms with Crippen molar-refractivity contribution in [3.8, 4) is 0 Å². The van der Waals surface area contributed by atoms with Gasteiger partial charge in [0.1, 0.15) is 5.56 Å². The molecule has 1 aromatic heterocycles. The predicted octanol–water partition coefficient (Wildman–Crippen LogP) is 1.38. The molecule has 1 aliphatic heterocycles. The van der Waals surface area contributed by atoms with Gasteiger partial charge in [-0.15, -0.1) is 10.2 Å². The van der Waals surface area contributed by atoms with Crippen LogP contribution in [0.3, 0.4) is 0 Å². The van der Waals surface area contributed by atoms with Gasteiger partial charge in [-0.25, -0.2) is 4.79 Å². The van der Waals surface area contributed by atoms with Crippen LogP contribution in [-0.2, 0) is 0 Å². The van der Waals surface area contributed by atoms with Crippen LogP contribution in [0.1, 0.15) is 10.4 Å². The molecule has 0 bridgehead atoms. The molecule has 5 nitrogen and oxygen atoms in total. The summed E-state index contributed by atoms with van der Waals surface area (Å²) in [5, 5.41) is 16.7. The first-order chi connectivity index (χ1) is 7.68. The van der Waals surface area contributed by atoms with Crippen molar-refractivity contribution in [1.82, 2.24) is 10.2 Å². The fourth-order valence-corrected chi connectivity index (χ4v) is 2.58. The molecule has 0 spiro atoms. The zero-order chi connectivity index (χ0) is 11.5. The summed E-state index contributed by atoms with van der Waals surface area (Å²) in [6.45, 7) is 1.59. The van der Waals surface area contributed by atoms with Crippen LogP contribution < -0.4 is 4.90 Å². The molecule has 0 radical (unpaired) electrons. The summed E-state index contributed by atoms with van der Waals surface area (Å²) in [6, 6.07) is 1.34. The van der Waals surface area contributed by atoms with Crippen molar-refractivity contribution in [2.75, 3.05) is 29.5 Å². The fourth-order valence-electron chi connectivity index (χ4n) is 1.53. The van der Waals surface area contributed by atoms with Crippen LogP contribution in [0.15, 0.2) is 6.07 Å². The van der Waals surface area contributed by atoms with Crippen LogP contribution in [-0.4, -0.2) is 45.9 Å². The van der Waals surface area contributed by atoms with E-state index >= 15 is 0 Å². The number of carboxylic acids is 1. The minimum atomic E-state index is -1.02. The van der Waals surface area contributed by atoms with E-state index in [1.54, 1.807) is 0 Å². The van der Waals surface area contributed by atoms with Crippen LogP contribution in [0.4, 0.5) is 5.82 Å². The summed E-state index contributed by atoms with van der Waals surface area (Å²) >= 11 is 7.49. The molecule has 0 saturated carbocycles. The summed E-state index contributed by atoms with van der Waals surface area (Å²) in [6.07, 6.45) is 0. The molecule has 2 rings (SSSR count). The second-order valence-electron chi connectivity index (χ2n) is 3.31. The topological polar surface area (TPSA) is 66.3 Å². The highest BCUT2D eigenvalue weighted by Crippen LogP contribution is 2.22. The molecule has 2 heterocycles. The van der Waals surface area contributed by atoms with Gasteiger partial charge in [0.15, 0.2) is 11.0 Å². The van der Waals surface area contributed by atoms with E-state index in [1.165, 1.54) is 6.07 Å². The molecule has 0 atom stereocenters.